The molecular formula is C16H30N2S. The Bertz CT molecular complexity index is 285. The molecule has 1 unspecified atom stereocenters. The molecule has 0 amide bonds. The number of thiazole rings is 1. The van der Waals surface area contributed by atoms with E-state index in [2.05, 4.69) is 11.9 Å². The van der Waals surface area contributed by atoms with Crippen LogP contribution in [0.3, 0.4) is 0 Å². The maximum absolute atomic E-state index is 6.14. The van der Waals surface area contributed by atoms with Gasteiger partial charge in [-0.25, -0.2) is 0 Å². The van der Waals surface area contributed by atoms with Gasteiger partial charge in [0.25, 0.3) is 0 Å². The fourth-order valence-corrected chi connectivity index (χ4v) is 3.11. The summed E-state index contributed by atoms with van der Waals surface area (Å²) in [4.78, 5) is 5.41. The number of hydrogen-bond donors (Lipinski definition) is 1. The van der Waals surface area contributed by atoms with Crippen molar-refractivity contribution < 1.29 is 0 Å². The molecule has 1 atom stereocenters. The Labute approximate surface area is 122 Å². The van der Waals surface area contributed by atoms with Crippen molar-refractivity contribution in [2.75, 3.05) is 0 Å². The van der Waals surface area contributed by atoms with Gasteiger partial charge in [-0.1, -0.05) is 64.7 Å². The summed E-state index contributed by atoms with van der Waals surface area (Å²) < 4.78 is 0. The van der Waals surface area contributed by atoms with Gasteiger partial charge in [0.2, 0.25) is 0 Å². The van der Waals surface area contributed by atoms with Crippen LogP contribution in [0.4, 0.5) is 0 Å². The third kappa shape index (κ3) is 9.17. The van der Waals surface area contributed by atoms with Crippen LogP contribution in [0.15, 0.2) is 11.7 Å². The van der Waals surface area contributed by atoms with Crippen molar-refractivity contribution >= 4 is 11.3 Å². The van der Waals surface area contributed by atoms with E-state index in [4.69, 9.17) is 5.73 Å². The van der Waals surface area contributed by atoms with E-state index in [1.54, 1.807) is 11.3 Å². The second-order valence-corrected chi connectivity index (χ2v) is 6.52. The van der Waals surface area contributed by atoms with Crippen LogP contribution in [0, 0.1) is 0 Å². The van der Waals surface area contributed by atoms with Crippen molar-refractivity contribution in [2.24, 2.45) is 5.73 Å². The van der Waals surface area contributed by atoms with Crippen molar-refractivity contribution in [3.05, 3.63) is 16.6 Å². The van der Waals surface area contributed by atoms with Gasteiger partial charge in [0, 0.05) is 17.1 Å². The molecule has 0 fully saturated rings. The number of unbranched alkanes of at least 4 members (excludes halogenated alkanes) is 8. The third-order valence-electron chi connectivity index (χ3n) is 3.63. The largest absolute Gasteiger partial charge is 0.327 e. The number of nitrogens with zero attached hydrogens (tertiary/aromatic N) is 1. The quantitative estimate of drug-likeness (QED) is 0.552. The van der Waals surface area contributed by atoms with Crippen molar-refractivity contribution in [1.82, 2.24) is 4.98 Å². The molecule has 0 spiro atoms. The minimum absolute atomic E-state index is 0.324. The van der Waals surface area contributed by atoms with Crippen molar-refractivity contribution in [3.8, 4) is 0 Å². The first kappa shape index (κ1) is 16.6. The molecule has 1 aromatic rings. The number of hydrogen-bond acceptors (Lipinski definition) is 3. The minimum atomic E-state index is 0.324. The number of rotatable bonds is 12. The molecule has 1 heterocycles. The van der Waals surface area contributed by atoms with Gasteiger partial charge < -0.3 is 5.73 Å². The van der Waals surface area contributed by atoms with Crippen LogP contribution in [0.25, 0.3) is 0 Å². The molecule has 0 aliphatic carbocycles. The van der Waals surface area contributed by atoms with Crippen LogP contribution < -0.4 is 5.73 Å². The lowest BCUT2D eigenvalue weighted by Gasteiger charge is -2.09. The highest BCUT2D eigenvalue weighted by Gasteiger charge is 2.04. The van der Waals surface area contributed by atoms with Crippen LogP contribution in [0.1, 0.15) is 76.0 Å². The summed E-state index contributed by atoms with van der Waals surface area (Å²) in [6.07, 6.45) is 16.6. The zero-order valence-corrected chi connectivity index (χ0v) is 13.3. The van der Waals surface area contributed by atoms with Crippen LogP contribution in [0.2, 0.25) is 0 Å². The second-order valence-electron chi connectivity index (χ2n) is 5.55. The summed E-state index contributed by atoms with van der Waals surface area (Å²) in [5, 5.41) is 0. The standard InChI is InChI=1S/C16H30N2S/c1-2-3-4-5-6-7-8-9-10-11-15(17)12-16-13-18-14-19-16/h13-15H,2-12,17H2,1H3. The van der Waals surface area contributed by atoms with Gasteiger partial charge in [-0.05, 0) is 12.8 Å². The lowest BCUT2D eigenvalue weighted by atomic mass is 10.0. The van der Waals surface area contributed by atoms with E-state index < -0.39 is 0 Å². The van der Waals surface area contributed by atoms with Gasteiger partial charge in [-0.2, -0.15) is 0 Å². The Morgan fingerprint density at radius 3 is 2.26 bits per heavy atom. The average molecular weight is 282 g/mol. The van der Waals surface area contributed by atoms with Crippen LogP contribution in [0.5, 0.6) is 0 Å². The average Bonchev–Trinajstić information content (AvgIpc) is 2.89. The molecule has 3 heteroatoms. The van der Waals surface area contributed by atoms with Crippen LogP contribution >= 0.6 is 11.3 Å². The first-order valence-corrected chi connectivity index (χ1v) is 8.84. The van der Waals surface area contributed by atoms with Crippen molar-refractivity contribution in [3.63, 3.8) is 0 Å². The van der Waals surface area contributed by atoms with E-state index in [-0.39, 0.29) is 0 Å². The molecule has 2 N–H and O–H groups in total. The molecule has 1 rings (SSSR count). The van der Waals surface area contributed by atoms with Crippen molar-refractivity contribution in [2.45, 2.75) is 83.6 Å². The molecule has 0 saturated heterocycles. The lowest BCUT2D eigenvalue weighted by molar-refractivity contribution is 0.523. The molecule has 0 saturated carbocycles. The highest BCUT2D eigenvalue weighted by Crippen LogP contribution is 2.13. The summed E-state index contributed by atoms with van der Waals surface area (Å²) in [6, 6.07) is 0.324. The molecule has 2 nitrogen and oxygen atoms in total. The molecular weight excluding hydrogens is 252 g/mol. The zero-order chi connectivity index (χ0) is 13.8. The Balaban J connectivity index is 1.85. The summed E-state index contributed by atoms with van der Waals surface area (Å²) in [5.74, 6) is 0. The van der Waals surface area contributed by atoms with Crippen molar-refractivity contribution in [1.29, 1.82) is 0 Å². The Morgan fingerprint density at radius 2 is 1.68 bits per heavy atom. The van der Waals surface area contributed by atoms with Gasteiger partial charge in [0.1, 0.15) is 0 Å². The smallest absolute Gasteiger partial charge is 0.0794 e. The lowest BCUT2D eigenvalue weighted by Crippen LogP contribution is -2.22. The topological polar surface area (TPSA) is 38.9 Å². The maximum atomic E-state index is 6.14. The molecule has 19 heavy (non-hydrogen) atoms. The van der Waals surface area contributed by atoms with Crippen LogP contribution in [-0.4, -0.2) is 11.0 Å². The van der Waals surface area contributed by atoms with Gasteiger partial charge in [-0.15, -0.1) is 11.3 Å². The fourth-order valence-electron chi connectivity index (χ4n) is 2.42. The summed E-state index contributed by atoms with van der Waals surface area (Å²) in [7, 11) is 0. The normalized spacial score (nSPS) is 12.7. The zero-order valence-electron chi connectivity index (χ0n) is 12.4. The SMILES string of the molecule is CCCCCCCCCCCC(N)Cc1cncs1. The minimum Gasteiger partial charge on any atom is -0.327 e. The Hall–Kier alpha value is -0.410. The molecule has 0 aromatic carbocycles. The monoisotopic (exact) mass is 282 g/mol. The predicted molar refractivity (Wildman–Crippen MR) is 85.6 cm³/mol. The van der Waals surface area contributed by atoms with E-state index in [1.807, 2.05) is 11.7 Å². The van der Waals surface area contributed by atoms with E-state index in [1.165, 1.54) is 62.7 Å². The first-order valence-electron chi connectivity index (χ1n) is 7.96. The third-order valence-corrected chi connectivity index (χ3v) is 4.43. The van der Waals surface area contributed by atoms with E-state index in [0.717, 1.165) is 12.8 Å². The highest BCUT2D eigenvalue weighted by molar-refractivity contribution is 7.09. The van der Waals surface area contributed by atoms with E-state index in [9.17, 15) is 0 Å². The molecule has 0 aliphatic heterocycles. The molecule has 110 valence electrons. The van der Waals surface area contributed by atoms with Gasteiger partial charge in [0.15, 0.2) is 0 Å². The molecule has 1 aromatic heterocycles. The van der Waals surface area contributed by atoms with Gasteiger partial charge in [0.05, 0.1) is 5.51 Å². The first-order chi connectivity index (χ1) is 9.33. The van der Waals surface area contributed by atoms with Crippen LogP contribution in [-0.2, 0) is 6.42 Å². The fraction of sp³-hybridized carbons (Fsp3) is 0.812. The summed E-state index contributed by atoms with van der Waals surface area (Å²) >= 11 is 1.72. The summed E-state index contributed by atoms with van der Waals surface area (Å²) in [5.41, 5.74) is 8.03. The predicted octanol–water partition coefficient (Wildman–Crippen LogP) is 4.93. The van der Waals surface area contributed by atoms with E-state index >= 15 is 0 Å². The summed E-state index contributed by atoms with van der Waals surface area (Å²) in [6.45, 7) is 2.27. The van der Waals surface area contributed by atoms with Gasteiger partial charge >= 0.3 is 0 Å². The highest BCUT2D eigenvalue weighted by atomic mass is 32.1. The second kappa shape index (κ2) is 11.4. The van der Waals surface area contributed by atoms with Gasteiger partial charge in [-0.3, -0.25) is 4.98 Å². The number of nitrogens with two attached hydrogens (primary N) is 1. The Morgan fingerprint density at radius 1 is 1.05 bits per heavy atom. The molecule has 0 bridgehead atoms. The number of aromatic nitrogens is 1. The Kier molecular flexibility index (Phi) is 10.0. The molecule has 0 aliphatic rings. The molecule has 0 radical (unpaired) electrons. The van der Waals surface area contributed by atoms with E-state index in [0.29, 0.717) is 6.04 Å². The maximum Gasteiger partial charge on any atom is 0.0794 e.